The van der Waals surface area contributed by atoms with E-state index in [0.29, 0.717) is 6.61 Å². The molecule has 0 saturated carbocycles. The molecular weight excluding hydrogens is 354 g/mol. The van der Waals surface area contributed by atoms with E-state index in [4.69, 9.17) is 4.74 Å². The summed E-state index contributed by atoms with van der Waals surface area (Å²) < 4.78 is 7.80. The first kappa shape index (κ1) is 17.6. The summed E-state index contributed by atoms with van der Waals surface area (Å²) in [4.78, 5) is 10.3. The fourth-order valence-electron chi connectivity index (χ4n) is 3.17. The lowest BCUT2D eigenvalue weighted by Gasteiger charge is -2.08. The molecule has 27 heavy (non-hydrogen) atoms. The molecule has 0 spiro atoms. The van der Waals surface area contributed by atoms with Crippen molar-refractivity contribution < 1.29 is 4.74 Å². The van der Waals surface area contributed by atoms with Gasteiger partial charge in [-0.05, 0) is 61.9 Å². The molecule has 4 rings (SSSR count). The molecule has 0 amide bonds. The summed E-state index contributed by atoms with van der Waals surface area (Å²) in [5, 5.41) is 2.06. The van der Waals surface area contributed by atoms with Gasteiger partial charge in [-0.1, -0.05) is 30.0 Å². The molecule has 0 aliphatic rings. The Morgan fingerprint density at radius 3 is 2.44 bits per heavy atom. The highest BCUT2D eigenvalue weighted by Gasteiger charge is 2.15. The van der Waals surface area contributed by atoms with Gasteiger partial charge in [-0.2, -0.15) is 0 Å². The lowest BCUT2D eigenvalue weighted by molar-refractivity contribution is 0.340. The van der Waals surface area contributed by atoms with Crippen LogP contribution in [0.2, 0.25) is 0 Å². The number of aryl methyl sites for hydroxylation is 1. The van der Waals surface area contributed by atoms with Crippen molar-refractivity contribution in [1.29, 1.82) is 0 Å². The average molecular weight is 375 g/mol. The van der Waals surface area contributed by atoms with Crippen LogP contribution in [0.3, 0.4) is 0 Å². The van der Waals surface area contributed by atoms with Gasteiger partial charge in [0, 0.05) is 11.4 Å². The molecular formula is C22H21N3OS. The number of ether oxygens (including phenoxy) is 1. The Hall–Kier alpha value is -2.79. The number of benzene rings is 2. The second kappa shape index (κ2) is 7.84. The van der Waals surface area contributed by atoms with Crippen molar-refractivity contribution in [3.05, 3.63) is 67.0 Å². The van der Waals surface area contributed by atoms with Crippen LogP contribution >= 0.6 is 11.8 Å². The summed E-state index contributed by atoms with van der Waals surface area (Å²) in [6, 6.07) is 20.7. The first-order chi connectivity index (χ1) is 13.3. The molecule has 2 aromatic carbocycles. The van der Waals surface area contributed by atoms with E-state index < -0.39 is 0 Å². The molecule has 5 heteroatoms. The van der Waals surface area contributed by atoms with Crippen LogP contribution in [0.5, 0.6) is 5.75 Å². The van der Waals surface area contributed by atoms with Gasteiger partial charge < -0.3 is 9.30 Å². The van der Waals surface area contributed by atoms with Crippen LogP contribution in [0.4, 0.5) is 0 Å². The summed E-state index contributed by atoms with van der Waals surface area (Å²) >= 11 is 1.67. The Kier molecular flexibility index (Phi) is 5.12. The van der Waals surface area contributed by atoms with Crippen molar-refractivity contribution in [2.45, 2.75) is 30.3 Å². The minimum Gasteiger partial charge on any atom is -0.494 e. The smallest absolute Gasteiger partial charge is 0.144 e. The van der Waals surface area contributed by atoms with Crippen molar-refractivity contribution in [3.8, 4) is 17.0 Å². The SMILES string of the molecule is CCOc1ccc(-c2cc3c(Sc4ccccc4)ncnc3n2CC)cc1. The van der Waals surface area contributed by atoms with Crippen LogP contribution in [-0.2, 0) is 6.54 Å². The summed E-state index contributed by atoms with van der Waals surface area (Å²) in [5.74, 6) is 0.889. The molecule has 0 atom stereocenters. The summed E-state index contributed by atoms with van der Waals surface area (Å²) in [7, 11) is 0. The fraction of sp³-hybridized carbons (Fsp3) is 0.182. The second-order valence-electron chi connectivity index (χ2n) is 6.06. The zero-order chi connectivity index (χ0) is 18.6. The van der Waals surface area contributed by atoms with Crippen molar-refractivity contribution in [2.75, 3.05) is 6.61 Å². The van der Waals surface area contributed by atoms with Crippen molar-refractivity contribution in [2.24, 2.45) is 0 Å². The molecule has 136 valence electrons. The average Bonchev–Trinajstić information content (AvgIpc) is 3.09. The van der Waals surface area contributed by atoms with E-state index in [-0.39, 0.29) is 0 Å². The topological polar surface area (TPSA) is 39.9 Å². The maximum atomic E-state index is 5.57. The Bertz CT molecular complexity index is 1040. The van der Waals surface area contributed by atoms with Gasteiger partial charge in [-0.3, -0.25) is 0 Å². The molecule has 2 aromatic heterocycles. The van der Waals surface area contributed by atoms with E-state index in [1.54, 1.807) is 18.1 Å². The van der Waals surface area contributed by atoms with Gasteiger partial charge in [-0.15, -0.1) is 0 Å². The monoisotopic (exact) mass is 375 g/mol. The van der Waals surface area contributed by atoms with Crippen LogP contribution in [-0.4, -0.2) is 21.1 Å². The molecule has 0 aliphatic carbocycles. The zero-order valence-electron chi connectivity index (χ0n) is 15.4. The summed E-state index contributed by atoms with van der Waals surface area (Å²) in [6.07, 6.45) is 1.65. The minimum atomic E-state index is 0.671. The predicted octanol–water partition coefficient (Wildman–Crippen LogP) is 5.67. The molecule has 0 unspecified atom stereocenters. The van der Waals surface area contributed by atoms with Gasteiger partial charge >= 0.3 is 0 Å². The van der Waals surface area contributed by atoms with E-state index in [1.165, 1.54) is 4.90 Å². The van der Waals surface area contributed by atoms with Gasteiger partial charge in [0.05, 0.1) is 17.7 Å². The molecule has 0 aliphatic heterocycles. The molecule has 0 bridgehead atoms. The van der Waals surface area contributed by atoms with E-state index in [9.17, 15) is 0 Å². The van der Waals surface area contributed by atoms with Gasteiger partial charge in [0.1, 0.15) is 22.7 Å². The lowest BCUT2D eigenvalue weighted by Crippen LogP contribution is -1.98. The highest BCUT2D eigenvalue weighted by atomic mass is 32.2. The normalized spacial score (nSPS) is 11.0. The van der Waals surface area contributed by atoms with E-state index >= 15 is 0 Å². The highest BCUT2D eigenvalue weighted by molar-refractivity contribution is 7.99. The molecule has 0 N–H and O–H groups in total. The standard InChI is InChI=1S/C22H21N3OS/c1-3-25-20(16-10-12-17(13-11-16)26-4-2)14-19-21(25)23-15-24-22(19)27-18-8-6-5-7-9-18/h5-15H,3-4H2,1-2H3. The van der Waals surface area contributed by atoms with Crippen molar-refractivity contribution in [1.82, 2.24) is 14.5 Å². The Morgan fingerprint density at radius 1 is 0.963 bits per heavy atom. The highest BCUT2D eigenvalue weighted by Crippen LogP contribution is 2.35. The molecule has 0 saturated heterocycles. The zero-order valence-corrected chi connectivity index (χ0v) is 16.2. The molecule has 4 aromatic rings. The molecule has 0 radical (unpaired) electrons. The Morgan fingerprint density at radius 2 is 1.74 bits per heavy atom. The van der Waals surface area contributed by atoms with Crippen molar-refractivity contribution in [3.63, 3.8) is 0 Å². The number of hydrogen-bond acceptors (Lipinski definition) is 4. The van der Waals surface area contributed by atoms with Crippen LogP contribution in [0, 0.1) is 0 Å². The third kappa shape index (κ3) is 3.55. The third-order valence-corrected chi connectivity index (χ3v) is 5.42. The van der Waals surface area contributed by atoms with Gasteiger partial charge in [0.15, 0.2) is 0 Å². The largest absolute Gasteiger partial charge is 0.494 e. The number of nitrogens with zero attached hydrogens (tertiary/aromatic N) is 3. The van der Waals surface area contributed by atoms with Crippen LogP contribution < -0.4 is 4.74 Å². The maximum Gasteiger partial charge on any atom is 0.144 e. The van der Waals surface area contributed by atoms with Gasteiger partial charge in [0.2, 0.25) is 0 Å². The third-order valence-electron chi connectivity index (χ3n) is 4.39. The fourth-order valence-corrected chi connectivity index (χ4v) is 4.05. The summed E-state index contributed by atoms with van der Waals surface area (Å²) in [5.41, 5.74) is 3.26. The second-order valence-corrected chi connectivity index (χ2v) is 7.12. The minimum absolute atomic E-state index is 0.671. The molecule has 4 nitrogen and oxygen atoms in total. The van der Waals surface area contributed by atoms with Crippen LogP contribution in [0.1, 0.15) is 13.8 Å². The number of aromatic nitrogens is 3. The molecule has 0 fully saturated rings. The van der Waals surface area contributed by atoms with Gasteiger partial charge in [0.25, 0.3) is 0 Å². The van der Waals surface area contributed by atoms with E-state index in [2.05, 4.69) is 51.8 Å². The lowest BCUT2D eigenvalue weighted by atomic mass is 10.1. The predicted molar refractivity (Wildman–Crippen MR) is 110 cm³/mol. The van der Waals surface area contributed by atoms with Gasteiger partial charge in [-0.25, -0.2) is 9.97 Å². The van der Waals surface area contributed by atoms with E-state index in [0.717, 1.165) is 39.6 Å². The molecule has 2 heterocycles. The summed E-state index contributed by atoms with van der Waals surface area (Å²) in [6.45, 7) is 5.65. The quantitative estimate of drug-likeness (QED) is 0.407. The van der Waals surface area contributed by atoms with Crippen LogP contribution in [0.25, 0.3) is 22.3 Å². The maximum absolute atomic E-state index is 5.57. The van der Waals surface area contributed by atoms with E-state index in [1.807, 2.05) is 37.3 Å². The first-order valence-corrected chi connectivity index (χ1v) is 9.92. The number of fused-ring (bicyclic) bond motifs is 1. The number of hydrogen-bond donors (Lipinski definition) is 0. The Labute approximate surface area is 163 Å². The van der Waals surface area contributed by atoms with Crippen LogP contribution in [0.15, 0.2) is 76.9 Å². The van der Waals surface area contributed by atoms with Crippen molar-refractivity contribution >= 4 is 22.8 Å². The Balaban J connectivity index is 1.78. The first-order valence-electron chi connectivity index (χ1n) is 9.10. The number of rotatable bonds is 6.